The Kier molecular flexibility index (Phi) is 18.1. The Morgan fingerprint density at radius 3 is 2.18 bits per heavy atom. The van der Waals surface area contributed by atoms with Gasteiger partial charge < -0.3 is 51.4 Å². The molecule has 50 heavy (non-hydrogen) atoms. The number of anilines is 2. The van der Waals surface area contributed by atoms with E-state index in [1.165, 1.54) is 7.05 Å². The molecule has 0 aliphatic carbocycles. The van der Waals surface area contributed by atoms with Crippen molar-refractivity contribution in [1.29, 1.82) is 0 Å². The fraction of sp³-hybridized carbons (Fsp3) is 0.514. The fourth-order valence-electron chi connectivity index (χ4n) is 4.48. The summed E-state index contributed by atoms with van der Waals surface area (Å²) in [6, 6.07) is 10.7. The first kappa shape index (κ1) is 41.3. The van der Waals surface area contributed by atoms with Crippen molar-refractivity contribution in [3.8, 4) is 5.75 Å². The molecule has 2 rings (SSSR count). The number of nitrogens with one attached hydrogen (secondary N) is 5. The van der Waals surface area contributed by atoms with Crippen molar-refractivity contribution >= 4 is 41.3 Å². The average Bonchev–Trinajstić information content (AvgIpc) is 3.07. The molecule has 0 heterocycles. The molecule has 0 aliphatic heterocycles. The van der Waals surface area contributed by atoms with Gasteiger partial charge in [0.15, 0.2) is 0 Å². The minimum atomic E-state index is -0.969. The van der Waals surface area contributed by atoms with E-state index >= 15 is 0 Å². The third-order valence-corrected chi connectivity index (χ3v) is 7.46. The molecule has 15 heteroatoms. The van der Waals surface area contributed by atoms with Crippen molar-refractivity contribution in [2.75, 3.05) is 51.9 Å². The number of hydrogen-bond donors (Lipinski definition) is 6. The van der Waals surface area contributed by atoms with Crippen LogP contribution >= 0.6 is 0 Å². The summed E-state index contributed by atoms with van der Waals surface area (Å²) in [6.07, 6.45) is 0.268. The second-order valence-electron chi connectivity index (χ2n) is 12.4. The van der Waals surface area contributed by atoms with Crippen LogP contribution in [-0.2, 0) is 30.5 Å². The lowest BCUT2D eigenvalue weighted by molar-refractivity contribution is -0.132. The molecule has 2 aromatic rings. The number of amides is 5. The largest absolute Gasteiger partial charge is 0.514 e. The van der Waals surface area contributed by atoms with Gasteiger partial charge in [0.1, 0.15) is 24.4 Å². The van der Waals surface area contributed by atoms with E-state index in [1.807, 2.05) is 39.8 Å². The zero-order valence-electron chi connectivity index (χ0n) is 29.9. The Labute approximate surface area is 294 Å². The predicted molar refractivity (Wildman–Crippen MR) is 190 cm³/mol. The summed E-state index contributed by atoms with van der Waals surface area (Å²) < 4.78 is 16.0. The van der Waals surface area contributed by atoms with Gasteiger partial charge in [-0.3, -0.25) is 14.4 Å². The number of hydrogen-bond acceptors (Lipinski definition) is 10. The van der Waals surface area contributed by atoms with Gasteiger partial charge >= 0.3 is 12.2 Å². The third kappa shape index (κ3) is 16.5. The van der Waals surface area contributed by atoms with E-state index in [2.05, 4.69) is 26.6 Å². The van der Waals surface area contributed by atoms with Gasteiger partial charge in [-0.1, -0.05) is 26.0 Å². The molecule has 0 bridgehead atoms. The predicted octanol–water partition coefficient (Wildman–Crippen LogP) is 3.00. The summed E-state index contributed by atoms with van der Waals surface area (Å²) in [5, 5.41) is 13.5. The quantitative estimate of drug-likeness (QED) is 0.0516. The van der Waals surface area contributed by atoms with Crippen molar-refractivity contribution in [1.82, 2.24) is 26.2 Å². The van der Waals surface area contributed by atoms with Gasteiger partial charge in [0.2, 0.25) is 17.7 Å². The van der Waals surface area contributed by atoms with Crippen LogP contribution in [0.1, 0.15) is 52.0 Å². The maximum absolute atomic E-state index is 13.4. The average molecular weight is 700 g/mol. The molecule has 276 valence electrons. The standard InChI is InChI=1S/C35H53N7O8/c1-23(2)31(41-30(43)18-9-24(3)48-21-20-42(5)6)33(45)40-29(8-7-19-38-34(46)37-4)32(44)39-27-14-10-25(11-15-27)22-49-35(47)50-28-16-12-26(36)13-17-28/h10-17,23-24,29,31H,7-9,18-22,36H2,1-6H3,(H,39,44)(H,40,45)(H,41,43)(H2,37,38,46)/t24?,29-,31?/m0/s1. The van der Waals surface area contributed by atoms with Crippen molar-refractivity contribution in [3.05, 3.63) is 54.1 Å². The molecule has 2 unspecified atom stereocenters. The zero-order chi connectivity index (χ0) is 37.1. The number of carbonyl (C=O) groups excluding carboxylic acids is 5. The van der Waals surface area contributed by atoms with Crippen LogP contribution < -0.4 is 37.1 Å². The van der Waals surface area contributed by atoms with E-state index < -0.39 is 30.1 Å². The van der Waals surface area contributed by atoms with Gasteiger partial charge in [0.05, 0.1) is 12.7 Å². The lowest BCUT2D eigenvalue weighted by Gasteiger charge is -2.25. The van der Waals surface area contributed by atoms with E-state index in [0.29, 0.717) is 42.1 Å². The molecule has 0 aliphatic rings. The van der Waals surface area contributed by atoms with Gasteiger partial charge in [-0.15, -0.1) is 0 Å². The highest BCUT2D eigenvalue weighted by Crippen LogP contribution is 2.16. The highest BCUT2D eigenvalue weighted by molar-refractivity contribution is 5.98. The summed E-state index contributed by atoms with van der Waals surface area (Å²) >= 11 is 0. The van der Waals surface area contributed by atoms with Crippen LogP contribution in [0.4, 0.5) is 21.0 Å². The van der Waals surface area contributed by atoms with Gasteiger partial charge in [-0.05, 0) is 88.2 Å². The number of nitrogens with two attached hydrogens (primary N) is 1. The molecule has 0 aromatic heterocycles. The summed E-state index contributed by atoms with van der Waals surface area (Å²) in [5.41, 5.74) is 7.26. The Hall–Kier alpha value is -4.89. The Morgan fingerprint density at radius 1 is 0.880 bits per heavy atom. The molecular formula is C35H53N7O8. The van der Waals surface area contributed by atoms with Crippen molar-refractivity contribution in [2.45, 2.75) is 71.2 Å². The summed E-state index contributed by atoms with van der Waals surface area (Å²) in [5.74, 6) is -1.24. The van der Waals surface area contributed by atoms with E-state index in [0.717, 1.165) is 6.54 Å². The van der Waals surface area contributed by atoms with Gasteiger partial charge in [0.25, 0.3) is 0 Å². The molecule has 3 atom stereocenters. The first-order chi connectivity index (χ1) is 23.8. The van der Waals surface area contributed by atoms with Crippen LogP contribution in [0, 0.1) is 5.92 Å². The number of rotatable bonds is 20. The summed E-state index contributed by atoms with van der Waals surface area (Å²) in [4.78, 5) is 65.3. The number of nitrogen functional groups attached to an aromatic ring is 1. The summed E-state index contributed by atoms with van der Waals surface area (Å²) in [6.45, 7) is 7.05. The zero-order valence-corrected chi connectivity index (χ0v) is 29.9. The van der Waals surface area contributed by atoms with E-state index in [9.17, 15) is 24.0 Å². The highest BCUT2D eigenvalue weighted by Gasteiger charge is 2.29. The topological polar surface area (TPSA) is 202 Å². The Morgan fingerprint density at radius 2 is 1.56 bits per heavy atom. The number of carbonyl (C=O) groups is 5. The minimum absolute atomic E-state index is 0.0657. The van der Waals surface area contributed by atoms with Crippen molar-refractivity contribution in [3.63, 3.8) is 0 Å². The molecule has 2 aromatic carbocycles. The van der Waals surface area contributed by atoms with Crippen molar-refractivity contribution in [2.24, 2.45) is 5.92 Å². The lowest BCUT2D eigenvalue weighted by atomic mass is 10.0. The Balaban J connectivity index is 1.99. The molecule has 5 amide bonds. The minimum Gasteiger partial charge on any atom is -0.429 e. The maximum atomic E-state index is 13.4. The van der Waals surface area contributed by atoms with E-state index in [1.54, 1.807) is 48.5 Å². The van der Waals surface area contributed by atoms with Crippen LogP contribution in [0.3, 0.4) is 0 Å². The number of benzene rings is 2. The maximum Gasteiger partial charge on any atom is 0.514 e. The number of likely N-dealkylation sites (N-methyl/N-ethyl adjacent to an activating group) is 1. The molecule has 0 saturated heterocycles. The highest BCUT2D eigenvalue weighted by atomic mass is 16.7. The normalized spacial score (nSPS) is 12.7. The molecular weight excluding hydrogens is 646 g/mol. The Bertz CT molecular complexity index is 1370. The summed E-state index contributed by atoms with van der Waals surface area (Å²) in [7, 11) is 5.41. The van der Waals surface area contributed by atoms with Crippen LogP contribution in [0.5, 0.6) is 5.75 Å². The number of urea groups is 1. The van der Waals surface area contributed by atoms with Gasteiger partial charge in [0, 0.05) is 37.9 Å². The van der Waals surface area contributed by atoms with Crippen molar-refractivity contribution < 1.29 is 38.2 Å². The first-order valence-electron chi connectivity index (χ1n) is 16.7. The number of ether oxygens (including phenoxy) is 3. The second kappa shape index (κ2) is 22.0. The monoisotopic (exact) mass is 699 g/mol. The molecule has 0 saturated carbocycles. The number of nitrogens with zero attached hydrogens (tertiary/aromatic N) is 1. The SMILES string of the molecule is CNC(=O)NCCC[C@H](NC(=O)C(NC(=O)CCC(C)OCCN(C)C)C(C)C)C(=O)Nc1ccc(COC(=O)Oc2ccc(N)cc2)cc1. The molecule has 0 fully saturated rings. The molecule has 0 radical (unpaired) electrons. The molecule has 15 nitrogen and oxygen atoms in total. The lowest BCUT2D eigenvalue weighted by Crippen LogP contribution is -2.54. The van der Waals surface area contributed by atoms with Crippen LogP contribution in [0.15, 0.2) is 48.5 Å². The second-order valence-corrected chi connectivity index (χ2v) is 12.4. The third-order valence-electron chi connectivity index (χ3n) is 7.46. The van der Waals surface area contributed by atoms with Crippen LogP contribution in [-0.4, -0.2) is 93.8 Å². The molecule has 0 spiro atoms. The van der Waals surface area contributed by atoms with E-state index in [-0.39, 0.29) is 50.0 Å². The van der Waals surface area contributed by atoms with Gasteiger partial charge in [-0.25, -0.2) is 9.59 Å². The molecule has 7 N–H and O–H groups in total. The van der Waals surface area contributed by atoms with Crippen LogP contribution in [0.2, 0.25) is 0 Å². The van der Waals surface area contributed by atoms with Gasteiger partial charge in [-0.2, -0.15) is 0 Å². The van der Waals surface area contributed by atoms with Crippen LogP contribution in [0.25, 0.3) is 0 Å². The fourth-order valence-corrected chi connectivity index (χ4v) is 4.48. The van der Waals surface area contributed by atoms with E-state index in [4.69, 9.17) is 19.9 Å². The first-order valence-corrected chi connectivity index (χ1v) is 16.7. The smallest absolute Gasteiger partial charge is 0.429 e.